The fourth-order valence-electron chi connectivity index (χ4n) is 4.62. The van der Waals surface area contributed by atoms with E-state index in [0.717, 1.165) is 35.1 Å². The van der Waals surface area contributed by atoms with Crippen molar-refractivity contribution in [2.75, 3.05) is 13.7 Å². The van der Waals surface area contributed by atoms with Crippen LogP contribution in [0.3, 0.4) is 0 Å². The summed E-state index contributed by atoms with van der Waals surface area (Å²) in [6, 6.07) is 18.8. The van der Waals surface area contributed by atoms with Gasteiger partial charge in [-0.05, 0) is 53.9 Å². The summed E-state index contributed by atoms with van der Waals surface area (Å²) in [5.74, 6) is 0.738. The first-order chi connectivity index (χ1) is 18.0. The van der Waals surface area contributed by atoms with E-state index < -0.39 is 6.04 Å². The summed E-state index contributed by atoms with van der Waals surface area (Å²) in [4.78, 5) is 15.4. The quantitative estimate of drug-likeness (QED) is 0.247. The molecule has 0 aliphatic carbocycles. The molecule has 1 atom stereocenters. The van der Waals surface area contributed by atoms with Gasteiger partial charge in [0.05, 0.1) is 25.5 Å². The number of nitrogens with one attached hydrogen (secondary N) is 1. The molecule has 5 rings (SSSR count). The van der Waals surface area contributed by atoms with E-state index in [2.05, 4.69) is 17.1 Å². The highest BCUT2D eigenvalue weighted by Crippen LogP contribution is 2.45. The minimum atomic E-state index is -0.449. The Kier molecular flexibility index (Phi) is 7.15. The van der Waals surface area contributed by atoms with E-state index in [-0.39, 0.29) is 11.7 Å². The smallest absolute Gasteiger partial charge is 0.273 e. The third kappa shape index (κ3) is 4.91. The summed E-state index contributed by atoms with van der Waals surface area (Å²) in [6.45, 7) is 3.00. The molecule has 3 aromatic carbocycles. The minimum Gasteiger partial charge on any atom is -0.493 e. The van der Waals surface area contributed by atoms with E-state index in [0.29, 0.717) is 41.1 Å². The number of nitrogens with zero attached hydrogens (tertiary/aromatic N) is 2. The molecule has 0 radical (unpaired) electrons. The van der Waals surface area contributed by atoms with Crippen molar-refractivity contribution in [2.24, 2.45) is 0 Å². The lowest BCUT2D eigenvalue weighted by Crippen LogP contribution is -2.29. The van der Waals surface area contributed by atoms with Gasteiger partial charge in [0.25, 0.3) is 5.91 Å². The molecular formula is C29H27ClFN3O3. The molecule has 0 bridgehead atoms. The van der Waals surface area contributed by atoms with Crippen molar-refractivity contribution in [1.29, 1.82) is 0 Å². The zero-order valence-corrected chi connectivity index (χ0v) is 21.4. The first-order valence-corrected chi connectivity index (χ1v) is 12.6. The van der Waals surface area contributed by atoms with Crippen molar-refractivity contribution in [3.05, 3.63) is 100.0 Å². The van der Waals surface area contributed by atoms with Gasteiger partial charge in [0.2, 0.25) is 0 Å². The van der Waals surface area contributed by atoms with E-state index >= 15 is 0 Å². The molecule has 8 heteroatoms. The van der Waals surface area contributed by atoms with Crippen molar-refractivity contribution < 1.29 is 18.7 Å². The Morgan fingerprint density at radius 3 is 2.51 bits per heavy atom. The topological polar surface area (TPSA) is 67.5 Å². The molecule has 1 aromatic heterocycles. The predicted octanol–water partition coefficient (Wildman–Crippen LogP) is 6.80. The average molecular weight is 520 g/mol. The summed E-state index contributed by atoms with van der Waals surface area (Å²) < 4.78 is 25.1. The van der Waals surface area contributed by atoms with Crippen molar-refractivity contribution in [2.45, 2.75) is 32.4 Å². The molecule has 1 amide bonds. The Labute approximate surface area is 220 Å². The third-order valence-corrected chi connectivity index (χ3v) is 6.76. The standard InChI is InChI=1S/C29H27ClFN3O3/c1-3-4-15-37-23-14-9-20(16-24(23)36-2)28-25-26(19-7-10-21(30)11-8-19)32-33-27(25)29(35)34(28)17-18-5-12-22(31)13-6-18/h5-14,16,28H,3-4,15,17H2,1-2H3,(H,32,33). The molecular weight excluding hydrogens is 493 g/mol. The van der Waals surface area contributed by atoms with E-state index in [1.807, 2.05) is 30.3 Å². The van der Waals surface area contributed by atoms with Gasteiger partial charge < -0.3 is 14.4 Å². The average Bonchev–Trinajstić information content (AvgIpc) is 3.45. The normalized spacial score (nSPS) is 14.6. The number of fused-ring (bicyclic) bond motifs is 1. The summed E-state index contributed by atoms with van der Waals surface area (Å²) in [5, 5.41) is 8.08. The van der Waals surface area contributed by atoms with Crippen LogP contribution in [0.5, 0.6) is 11.5 Å². The number of benzene rings is 3. The Morgan fingerprint density at radius 2 is 1.81 bits per heavy atom. The number of unbranched alkanes of at least 4 members (excludes halogenated alkanes) is 1. The van der Waals surface area contributed by atoms with Crippen LogP contribution in [0, 0.1) is 5.82 Å². The SMILES string of the molecule is CCCCOc1ccc(C2c3c(-c4ccc(Cl)cc4)n[nH]c3C(=O)N2Cc2ccc(F)cc2)cc1OC. The van der Waals surface area contributed by atoms with Crippen LogP contribution in [0.15, 0.2) is 66.7 Å². The highest BCUT2D eigenvalue weighted by molar-refractivity contribution is 6.30. The number of aromatic nitrogens is 2. The minimum absolute atomic E-state index is 0.181. The van der Waals surface area contributed by atoms with Crippen LogP contribution < -0.4 is 9.47 Å². The zero-order chi connectivity index (χ0) is 25.9. The van der Waals surface area contributed by atoms with Crippen molar-refractivity contribution in [3.8, 4) is 22.8 Å². The van der Waals surface area contributed by atoms with Gasteiger partial charge in [0.15, 0.2) is 11.5 Å². The number of halogens is 2. The number of H-pyrrole nitrogens is 1. The maximum atomic E-state index is 13.6. The molecule has 0 saturated carbocycles. The number of aromatic amines is 1. The van der Waals surface area contributed by atoms with Crippen molar-refractivity contribution in [1.82, 2.24) is 15.1 Å². The second kappa shape index (κ2) is 10.6. The third-order valence-electron chi connectivity index (χ3n) is 6.51. The number of ether oxygens (including phenoxy) is 2. The number of amides is 1. The van der Waals surface area contributed by atoms with Crippen LogP contribution in [-0.2, 0) is 6.54 Å². The van der Waals surface area contributed by atoms with Crippen LogP contribution >= 0.6 is 11.6 Å². The molecule has 6 nitrogen and oxygen atoms in total. The number of methoxy groups -OCH3 is 1. The van der Waals surface area contributed by atoms with Gasteiger partial charge in [-0.2, -0.15) is 5.10 Å². The second-order valence-corrected chi connectivity index (χ2v) is 9.38. The summed E-state index contributed by atoms with van der Waals surface area (Å²) >= 11 is 6.11. The van der Waals surface area contributed by atoms with Crippen LogP contribution in [-0.4, -0.2) is 34.7 Å². The number of rotatable bonds is 9. The van der Waals surface area contributed by atoms with Gasteiger partial charge in [-0.1, -0.05) is 55.3 Å². The highest BCUT2D eigenvalue weighted by atomic mass is 35.5. The van der Waals surface area contributed by atoms with Crippen LogP contribution in [0.25, 0.3) is 11.3 Å². The van der Waals surface area contributed by atoms with Crippen LogP contribution in [0.2, 0.25) is 5.02 Å². The number of carbonyl (C=O) groups is 1. The Balaban J connectivity index is 1.60. The molecule has 1 unspecified atom stereocenters. The lowest BCUT2D eigenvalue weighted by atomic mass is 9.95. The second-order valence-electron chi connectivity index (χ2n) is 8.94. The molecule has 1 aliphatic heterocycles. The first kappa shape index (κ1) is 24.8. The lowest BCUT2D eigenvalue weighted by Gasteiger charge is -2.27. The monoisotopic (exact) mass is 519 g/mol. The van der Waals surface area contributed by atoms with E-state index in [9.17, 15) is 9.18 Å². The van der Waals surface area contributed by atoms with Crippen LogP contribution in [0.4, 0.5) is 4.39 Å². The number of hydrogen-bond donors (Lipinski definition) is 1. The van der Waals surface area contributed by atoms with E-state index in [4.69, 9.17) is 21.1 Å². The van der Waals surface area contributed by atoms with Gasteiger partial charge in [-0.25, -0.2) is 4.39 Å². The van der Waals surface area contributed by atoms with E-state index in [1.165, 1.54) is 12.1 Å². The Bertz CT molecular complexity index is 1400. The number of hydrogen-bond acceptors (Lipinski definition) is 4. The zero-order valence-electron chi connectivity index (χ0n) is 20.6. The largest absolute Gasteiger partial charge is 0.493 e. The van der Waals surface area contributed by atoms with E-state index in [1.54, 1.807) is 36.3 Å². The first-order valence-electron chi connectivity index (χ1n) is 12.2. The molecule has 4 aromatic rings. The van der Waals surface area contributed by atoms with Crippen LogP contribution in [0.1, 0.15) is 53.0 Å². The molecule has 1 aliphatic rings. The summed E-state index contributed by atoms with van der Waals surface area (Å²) in [5.41, 5.74) is 4.39. The maximum Gasteiger partial charge on any atom is 0.273 e. The van der Waals surface area contributed by atoms with Gasteiger partial charge >= 0.3 is 0 Å². The maximum absolute atomic E-state index is 13.6. The lowest BCUT2D eigenvalue weighted by molar-refractivity contribution is 0.0730. The fourth-order valence-corrected chi connectivity index (χ4v) is 4.75. The molecule has 0 saturated heterocycles. The fraction of sp³-hybridized carbons (Fsp3) is 0.241. The molecule has 190 valence electrons. The van der Waals surface area contributed by atoms with Crippen molar-refractivity contribution >= 4 is 17.5 Å². The molecule has 0 fully saturated rings. The van der Waals surface area contributed by atoms with Gasteiger partial charge in [-0.15, -0.1) is 0 Å². The summed E-state index contributed by atoms with van der Waals surface area (Å²) in [6.07, 6.45) is 1.97. The Morgan fingerprint density at radius 1 is 1.05 bits per heavy atom. The molecule has 2 heterocycles. The highest BCUT2D eigenvalue weighted by Gasteiger charge is 2.42. The van der Waals surface area contributed by atoms with Crippen molar-refractivity contribution in [3.63, 3.8) is 0 Å². The van der Waals surface area contributed by atoms with Gasteiger partial charge in [-0.3, -0.25) is 9.89 Å². The molecule has 37 heavy (non-hydrogen) atoms. The molecule has 1 N–H and O–H groups in total. The van der Waals surface area contributed by atoms with Gasteiger partial charge in [0.1, 0.15) is 11.5 Å². The predicted molar refractivity (Wildman–Crippen MR) is 141 cm³/mol. The Hall–Kier alpha value is -3.84. The molecule has 0 spiro atoms. The number of carbonyl (C=O) groups excluding carboxylic acids is 1. The summed E-state index contributed by atoms with van der Waals surface area (Å²) in [7, 11) is 1.60. The van der Waals surface area contributed by atoms with Gasteiger partial charge in [0, 0.05) is 22.7 Å².